The Hall–Kier alpha value is -3.02. The van der Waals surface area contributed by atoms with Crippen LogP contribution in [-0.2, 0) is 21.4 Å². The highest BCUT2D eigenvalue weighted by molar-refractivity contribution is 5.98. The first-order chi connectivity index (χ1) is 12.7. The van der Waals surface area contributed by atoms with Crippen LogP contribution < -0.4 is 0 Å². The van der Waals surface area contributed by atoms with E-state index < -0.39 is 11.9 Å². The third kappa shape index (κ3) is 3.74. The van der Waals surface area contributed by atoms with Gasteiger partial charge < -0.3 is 10.1 Å². The molecule has 2 aromatic heterocycles. The van der Waals surface area contributed by atoms with Crippen molar-refractivity contribution in [1.29, 1.82) is 0 Å². The minimum absolute atomic E-state index is 0.0357. The molecule has 27 heavy (non-hydrogen) atoms. The summed E-state index contributed by atoms with van der Waals surface area (Å²) in [7, 11) is 0. The summed E-state index contributed by atoms with van der Waals surface area (Å²) in [6.45, 7) is 7.74. The third-order valence-corrected chi connectivity index (χ3v) is 4.77. The fraction of sp³-hybridized carbons (Fsp3) is 0.333. The van der Waals surface area contributed by atoms with Gasteiger partial charge in [0.25, 0.3) is 0 Å². The van der Waals surface area contributed by atoms with E-state index in [0.29, 0.717) is 16.7 Å². The molecule has 0 amide bonds. The van der Waals surface area contributed by atoms with Crippen LogP contribution in [0, 0.1) is 5.92 Å². The monoisotopic (exact) mass is 365 g/mol. The first kappa shape index (κ1) is 18.8. The predicted molar refractivity (Wildman–Crippen MR) is 104 cm³/mol. The molecule has 1 aromatic carbocycles. The number of hydrogen-bond acceptors (Lipinski definition) is 4. The SMILES string of the molecule is CC(=O)C(Cc1c(-c2ccc(C(C)(C)C)cc2)[nH]c2nccnc12)C(=O)O. The van der Waals surface area contributed by atoms with E-state index in [4.69, 9.17) is 0 Å². The average Bonchev–Trinajstić information content (AvgIpc) is 2.97. The van der Waals surface area contributed by atoms with Crippen molar-refractivity contribution in [1.82, 2.24) is 15.0 Å². The van der Waals surface area contributed by atoms with Crippen LogP contribution in [0.15, 0.2) is 36.7 Å². The molecule has 0 aliphatic carbocycles. The minimum atomic E-state index is -1.13. The zero-order chi connectivity index (χ0) is 19.8. The van der Waals surface area contributed by atoms with Crippen LogP contribution >= 0.6 is 0 Å². The van der Waals surface area contributed by atoms with E-state index >= 15 is 0 Å². The Morgan fingerprint density at radius 3 is 2.30 bits per heavy atom. The molecule has 0 aliphatic heterocycles. The van der Waals surface area contributed by atoms with Crippen LogP contribution in [0.4, 0.5) is 0 Å². The number of carbonyl (C=O) groups is 2. The molecule has 0 fully saturated rings. The lowest BCUT2D eigenvalue weighted by Crippen LogP contribution is -2.24. The molecule has 0 radical (unpaired) electrons. The fourth-order valence-corrected chi connectivity index (χ4v) is 3.15. The van der Waals surface area contributed by atoms with E-state index in [2.05, 4.69) is 47.9 Å². The Kier molecular flexibility index (Phi) is 4.83. The number of fused-ring (bicyclic) bond motifs is 1. The molecule has 0 aliphatic rings. The minimum Gasteiger partial charge on any atom is -0.481 e. The Morgan fingerprint density at radius 1 is 1.11 bits per heavy atom. The summed E-state index contributed by atoms with van der Waals surface area (Å²) in [6, 6.07) is 8.12. The van der Waals surface area contributed by atoms with Gasteiger partial charge in [0, 0.05) is 18.0 Å². The fourth-order valence-electron chi connectivity index (χ4n) is 3.15. The number of carboxylic acids is 1. The topological polar surface area (TPSA) is 95.9 Å². The summed E-state index contributed by atoms with van der Waals surface area (Å²) in [5, 5.41) is 9.43. The van der Waals surface area contributed by atoms with E-state index in [1.54, 1.807) is 12.4 Å². The third-order valence-electron chi connectivity index (χ3n) is 4.77. The maximum absolute atomic E-state index is 11.8. The molecule has 0 saturated heterocycles. The van der Waals surface area contributed by atoms with Gasteiger partial charge in [0.1, 0.15) is 17.2 Å². The van der Waals surface area contributed by atoms with Crippen molar-refractivity contribution < 1.29 is 14.7 Å². The van der Waals surface area contributed by atoms with E-state index in [1.807, 2.05) is 12.1 Å². The van der Waals surface area contributed by atoms with E-state index in [9.17, 15) is 14.7 Å². The van der Waals surface area contributed by atoms with Crippen LogP contribution in [0.1, 0.15) is 38.8 Å². The molecular weight excluding hydrogens is 342 g/mol. The number of H-pyrrole nitrogens is 1. The first-order valence-electron chi connectivity index (χ1n) is 8.84. The lowest BCUT2D eigenvalue weighted by Gasteiger charge is -2.19. The average molecular weight is 365 g/mol. The smallest absolute Gasteiger partial charge is 0.314 e. The molecule has 140 valence electrons. The predicted octanol–water partition coefficient (Wildman–Crippen LogP) is 3.75. The van der Waals surface area contributed by atoms with Crippen molar-refractivity contribution in [3.8, 4) is 11.3 Å². The Labute approximate surface area is 157 Å². The van der Waals surface area contributed by atoms with Gasteiger partial charge in [-0.25, -0.2) is 4.98 Å². The number of nitrogens with zero attached hydrogens (tertiary/aromatic N) is 2. The molecule has 0 saturated carbocycles. The number of nitrogens with one attached hydrogen (secondary N) is 1. The van der Waals surface area contributed by atoms with Crippen molar-refractivity contribution in [2.24, 2.45) is 5.92 Å². The van der Waals surface area contributed by atoms with Crippen LogP contribution in [-0.4, -0.2) is 31.8 Å². The zero-order valence-electron chi connectivity index (χ0n) is 15.9. The standard InChI is InChI=1S/C21H23N3O3/c1-12(25)15(20(26)27)11-16-17(24-19-18(16)22-9-10-23-19)13-5-7-14(8-6-13)21(2,3)4/h5-10,15H,11H2,1-4H3,(H,23,24)(H,26,27). The second kappa shape index (κ2) is 6.95. The Morgan fingerprint density at radius 2 is 1.74 bits per heavy atom. The molecule has 0 bridgehead atoms. The second-order valence-electron chi connectivity index (χ2n) is 7.77. The second-order valence-corrected chi connectivity index (χ2v) is 7.77. The van der Waals surface area contributed by atoms with E-state index in [-0.39, 0.29) is 17.6 Å². The number of carbonyl (C=O) groups excluding carboxylic acids is 1. The van der Waals surface area contributed by atoms with Crippen LogP contribution in [0.25, 0.3) is 22.4 Å². The van der Waals surface area contributed by atoms with Crippen molar-refractivity contribution in [2.75, 3.05) is 0 Å². The normalized spacial score (nSPS) is 12.9. The van der Waals surface area contributed by atoms with Gasteiger partial charge in [0.15, 0.2) is 5.65 Å². The highest BCUT2D eigenvalue weighted by Gasteiger charge is 2.27. The van der Waals surface area contributed by atoms with Crippen molar-refractivity contribution >= 4 is 22.9 Å². The number of Topliss-reactive ketones (excluding diaryl/α,β-unsaturated/α-hetero) is 1. The van der Waals surface area contributed by atoms with Crippen LogP contribution in [0.3, 0.4) is 0 Å². The van der Waals surface area contributed by atoms with Gasteiger partial charge in [-0.05, 0) is 29.9 Å². The van der Waals surface area contributed by atoms with Gasteiger partial charge in [-0.2, -0.15) is 0 Å². The van der Waals surface area contributed by atoms with Gasteiger partial charge in [0.05, 0.1) is 5.69 Å². The molecular formula is C21H23N3O3. The van der Waals surface area contributed by atoms with Gasteiger partial charge in [-0.15, -0.1) is 0 Å². The number of aromatic amines is 1. The Balaban J connectivity index is 2.12. The summed E-state index contributed by atoms with van der Waals surface area (Å²) >= 11 is 0. The summed E-state index contributed by atoms with van der Waals surface area (Å²) in [4.78, 5) is 35.3. The molecule has 2 heterocycles. The largest absolute Gasteiger partial charge is 0.481 e. The van der Waals surface area contributed by atoms with Crippen molar-refractivity contribution in [2.45, 2.75) is 39.5 Å². The number of aromatic nitrogens is 3. The van der Waals surface area contributed by atoms with Gasteiger partial charge in [-0.1, -0.05) is 45.0 Å². The first-order valence-corrected chi connectivity index (χ1v) is 8.84. The number of ketones is 1. The lowest BCUT2D eigenvalue weighted by molar-refractivity contribution is -0.145. The van der Waals surface area contributed by atoms with Crippen LogP contribution in [0.5, 0.6) is 0 Å². The number of carboxylic acid groups (broad SMARTS) is 1. The quantitative estimate of drug-likeness (QED) is 0.671. The molecule has 3 rings (SSSR count). The molecule has 0 spiro atoms. The van der Waals surface area contributed by atoms with E-state index in [0.717, 1.165) is 11.3 Å². The number of rotatable bonds is 5. The summed E-state index contributed by atoms with van der Waals surface area (Å²) in [6.07, 6.45) is 3.21. The maximum atomic E-state index is 11.8. The number of benzene rings is 1. The highest BCUT2D eigenvalue weighted by Crippen LogP contribution is 2.32. The molecule has 2 N–H and O–H groups in total. The Bertz CT molecular complexity index is 984. The van der Waals surface area contributed by atoms with Crippen LogP contribution in [0.2, 0.25) is 0 Å². The van der Waals surface area contributed by atoms with Gasteiger partial charge in [-0.3, -0.25) is 14.6 Å². The number of aliphatic carboxylic acids is 1. The molecule has 6 heteroatoms. The molecule has 3 aromatic rings. The lowest BCUT2D eigenvalue weighted by atomic mass is 9.86. The van der Waals surface area contributed by atoms with Crippen molar-refractivity contribution in [3.63, 3.8) is 0 Å². The van der Waals surface area contributed by atoms with Crippen molar-refractivity contribution in [3.05, 3.63) is 47.8 Å². The summed E-state index contributed by atoms with van der Waals surface area (Å²) in [5.74, 6) is -2.62. The summed E-state index contributed by atoms with van der Waals surface area (Å²) in [5.41, 5.74) is 4.77. The number of hydrogen-bond donors (Lipinski definition) is 2. The highest BCUT2D eigenvalue weighted by atomic mass is 16.4. The molecule has 6 nitrogen and oxygen atoms in total. The van der Waals surface area contributed by atoms with Gasteiger partial charge >= 0.3 is 5.97 Å². The summed E-state index contributed by atoms with van der Waals surface area (Å²) < 4.78 is 0. The van der Waals surface area contributed by atoms with Gasteiger partial charge in [0.2, 0.25) is 0 Å². The maximum Gasteiger partial charge on any atom is 0.314 e. The molecule has 1 unspecified atom stereocenters. The molecule has 1 atom stereocenters. The van der Waals surface area contributed by atoms with E-state index in [1.165, 1.54) is 12.5 Å². The zero-order valence-corrected chi connectivity index (χ0v) is 15.9.